The molecular formula is C11H13FN2O3. The summed E-state index contributed by atoms with van der Waals surface area (Å²) in [6.45, 7) is 1.68. The second kappa shape index (κ2) is 5.93. The first-order valence-electron chi connectivity index (χ1n) is 5.17. The summed E-state index contributed by atoms with van der Waals surface area (Å²) < 4.78 is 13.1. The second-order valence-corrected chi connectivity index (χ2v) is 3.50. The van der Waals surface area contributed by atoms with Gasteiger partial charge in [-0.25, -0.2) is 4.98 Å². The lowest BCUT2D eigenvalue weighted by Crippen LogP contribution is -2.33. The van der Waals surface area contributed by atoms with E-state index in [0.717, 1.165) is 0 Å². The average molecular weight is 240 g/mol. The van der Waals surface area contributed by atoms with E-state index in [2.05, 4.69) is 10.3 Å². The van der Waals surface area contributed by atoms with Gasteiger partial charge in [-0.05, 0) is 18.6 Å². The molecule has 0 aliphatic carbocycles. The van der Waals surface area contributed by atoms with Crippen LogP contribution in [0.15, 0.2) is 18.3 Å². The van der Waals surface area contributed by atoms with E-state index in [0.29, 0.717) is 6.42 Å². The topological polar surface area (TPSA) is 79.3 Å². The number of carbonyl (C=O) groups excluding carboxylic acids is 1. The normalized spacial score (nSPS) is 11.9. The molecule has 0 fully saturated rings. The van der Waals surface area contributed by atoms with Gasteiger partial charge in [0.1, 0.15) is 0 Å². The lowest BCUT2D eigenvalue weighted by Gasteiger charge is -2.10. The SMILES string of the molecule is CCC(CNC(=O)c1cccnc1F)C(=O)O. The van der Waals surface area contributed by atoms with Crippen molar-refractivity contribution in [2.45, 2.75) is 13.3 Å². The van der Waals surface area contributed by atoms with E-state index >= 15 is 0 Å². The zero-order valence-corrected chi connectivity index (χ0v) is 9.31. The Hall–Kier alpha value is -1.98. The number of hydrogen-bond acceptors (Lipinski definition) is 3. The molecule has 2 N–H and O–H groups in total. The highest BCUT2D eigenvalue weighted by Crippen LogP contribution is 2.04. The molecule has 5 nitrogen and oxygen atoms in total. The molecule has 1 rings (SSSR count). The zero-order valence-electron chi connectivity index (χ0n) is 9.31. The summed E-state index contributed by atoms with van der Waals surface area (Å²) in [6.07, 6.45) is 1.63. The molecular weight excluding hydrogens is 227 g/mol. The number of carboxylic acid groups (broad SMARTS) is 1. The molecule has 1 unspecified atom stereocenters. The van der Waals surface area contributed by atoms with Gasteiger partial charge in [0.2, 0.25) is 5.95 Å². The molecule has 92 valence electrons. The fourth-order valence-electron chi connectivity index (χ4n) is 1.27. The number of rotatable bonds is 5. The first-order chi connectivity index (χ1) is 8.06. The van der Waals surface area contributed by atoms with E-state index in [1.807, 2.05) is 0 Å². The fraction of sp³-hybridized carbons (Fsp3) is 0.364. The van der Waals surface area contributed by atoms with Gasteiger partial charge in [0.05, 0.1) is 11.5 Å². The standard InChI is InChI=1S/C11H13FN2O3/c1-2-7(11(16)17)6-14-10(15)8-4-3-5-13-9(8)12/h3-5,7H,2,6H2,1H3,(H,14,15)(H,16,17). The second-order valence-electron chi connectivity index (χ2n) is 3.50. The lowest BCUT2D eigenvalue weighted by molar-refractivity contribution is -0.141. The number of aromatic nitrogens is 1. The van der Waals surface area contributed by atoms with Crippen molar-refractivity contribution in [3.05, 3.63) is 29.8 Å². The highest BCUT2D eigenvalue weighted by atomic mass is 19.1. The number of amides is 1. The van der Waals surface area contributed by atoms with E-state index in [1.165, 1.54) is 18.3 Å². The van der Waals surface area contributed by atoms with Gasteiger partial charge in [-0.1, -0.05) is 6.92 Å². The molecule has 1 atom stereocenters. The molecule has 0 aromatic carbocycles. The molecule has 17 heavy (non-hydrogen) atoms. The van der Waals surface area contributed by atoms with Crippen LogP contribution in [0.5, 0.6) is 0 Å². The summed E-state index contributed by atoms with van der Waals surface area (Å²) in [5.74, 6) is -3.18. The van der Waals surface area contributed by atoms with Crippen molar-refractivity contribution >= 4 is 11.9 Å². The number of carbonyl (C=O) groups is 2. The Kier molecular flexibility index (Phi) is 4.56. The maximum absolute atomic E-state index is 13.1. The Balaban J connectivity index is 2.62. The molecule has 6 heteroatoms. The predicted molar refractivity (Wildman–Crippen MR) is 57.9 cm³/mol. The minimum atomic E-state index is -0.987. The van der Waals surface area contributed by atoms with Gasteiger partial charge in [0.15, 0.2) is 0 Å². The van der Waals surface area contributed by atoms with Crippen LogP contribution in [0.4, 0.5) is 4.39 Å². The highest BCUT2D eigenvalue weighted by molar-refractivity contribution is 5.94. The van der Waals surface area contributed by atoms with Gasteiger partial charge in [-0.2, -0.15) is 4.39 Å². The largest absolute Gasteiger partial charge is 0.481 e. The van der Waals surface area contributed by atoms with Crippen molar-refractivity contribution in [3.8, 4) is 0 Å². The number of pyridine rings is 1. The minimum absolute atomic E-state index is 0.0288. The molecule has 0 saturated heterocycles. The molecule has 0 radical (unpaired) electrons. The molecule has 0 saturated carbocycles. The average Bonchev–Trinajstić information content (AvgIpc) is 2.29. The van der Waals surface area contributed by atoms with Gasteiger partial charge in [-0.15, -0.1) is 0 Å². The summed E-state index contributed by atoms with van der Waals surface area (Å²) in [7, 11) is 0. The number of hydrogen-bond donors (Lipinski definition) is 2. The van der Waals surface area contributed by atoms with Crippen LogP contribution >= 0.6 is 0 Å². The van der Waals surface area contributed by atoms with Gasteiger partial charge < -0.3 is 10.4 Å². The third kappa shape index (κ3) is 3.51. The maximum Gasteiger partial charge on any atom is 0.308 e. The van der Waals surface area contributed by atoms with E-state index in [1.54, 1.807) is 6.92 Å². The van der Waals surface area contributed by atoms with Crippen LogP contribution in [-0.4, -0.2) is 28.5 Å². The van der Waals surface area contributed by atoms with E-state index in [4.69, 9.17) is 5.11 Å². The minimum Gasteiger partial charge on any atom is -0.481 e. The molecule has 0 aliphatic heterocycles. The predicted octanol–water partition coefficient (Wildman–Crippen LogP) is 1.06. The first kappa shape index (κ1) is 13.1. The van der Waals surface area contributed by atoms with Crippen LogP contribution in [0.1, 0.15) is 23.7 Å². The molecule has 0 bridgehead atoms. The van der Waals surface area contributed by atoms with Crippen LogP contribution in [-0.2, 0) is 4.79 Å². The summed E-state index contributed by atoms with van der Waals surface area (Å²) in [5.41, 5.74) is -0.187. The summed E-state index contributed by atoms with van der Waals surface area (Å²) >= 11 is 0. The van der Waals surface area contributed by atoms with Gasteiger partial charge in [0.25, 0.3) is 5.91 Å². The van der Waals surface area contributed by atoms with Crippen LogP contribution in [0.3, 0.4) is 0 Å². The van der Waals surface area contributed by atoms with Crippen LogP contribution in [0, 0.1) is 11.9 Å². The molecule has 1 aromatic heterocycles. The van der Waals surface area contributed by atoms with Crippen molar-refractivity contribution in [1.29, 1.82) is 0 Å². The Morgan fingerprint density at radius 3 is 2.82 bits per heavy atom. The van der Waals surface area contributed by atoms with Gasteiger partial charge in [0, 0.05) is 12.7 Å². The van der Waals surface area contributed by atoms with Crippen LogP contribution < -0.4 is 5.32 Å². The van der Waals surface area contributed by atoms with Crippen LogP contribution in [0.2, 0.25) is 0 Å². The third-order valence-corrected chi connectivity index (χ3v) is 2.35. The van der Waals surface area contributed by atoms with Crippen molar-refractivity contribution < 1.29 is 19.1 Å². The number of nitrogens with one attached hydrogen (secondary N) is 1. The Morgan fingerprint density at radius 1 is 1.59 bits per heavy atom. The van der Waals surface area contributed by atoms with Crippen molar-refractivity contribution in [2.75, 3.05) is 6.54 Å². The molecule has 0 aliphatic rings. The van der Waals surface area contributed by atoms with E-state index < -0.39 is 23.7 Å². The summed E-state index contributed by atoms with van der Waals surface area (Å²) in [5, 5.41) is 11.1. The Morgan fingerprint density at radius 2 is 2.29 bits per heavy atom. The lowest BCUT2D eigenvalue weighted by atomic mass is 10.1. The number of nitrogens with zero attached hydrogens (tertiary/aromatic N) is 1. The molecule has 1 amide bonds. The maximum atomic E-state index is 13.1. The Bertz CT molecular complexity index is 423. The van der Waals surface area contributed by atoms with Crippen molar-refractivity contribution in [3.63, 3.8) is 0 Å². The van der Waals surface area contributed by atoms with Gasteiger partial charge in [-0.3, -0.25) is 9.59 Å². The fourth-order valence-corrected chi connectivity index (χ4v) is 1.27. The highest BCUT2D eigenvalue weighted by Gasteiger charge is 2.18. The summed E-state index contributed by atoms with van der Waals surface area (Å²) in [4.78, 5) is 25.6. The van der Waals surface area contributed by atoms with Crippen LogP contribution in [0.25, 0.3) is 0 Å². The summed E-state index contributed by atoms with van der Waals surface area (Å²) in [6, 6.07) is 2.73. The molecule has 1 heterocycles. The van der Waals surface area contributed by atoms with Crippen molar-refractivity contribution in [2.24, 2.45) is 5.92 Å². The van der Waals surface area contributed by atoms with Gasteiger partial charge >= 0.3 is 5.97 Å². The number of carboxylic acids is 1. The zero-order chi connectivity index (χ0) is 12.8. The van der Waals surface area contributed by atoms with E-state index in [-0.39, 0.29) is 12.1 Å². The molecule has 1 aromatic rings. The first-order valence-corrected chi connectivity index (χ1v) is 5.17. The monoisotopic (exact) mass is 240 g/mol. The molecule has 0 spiro atoms. The number of aliphatic carboxylic acids is 1. The van der Waals surface area contributed by atoms with Crippen molar-refractivity contribution in [1.82, 2.24) is 10.3 Å². The van der Waals surface area contributed by atoms with E-state index in [9.17, 15) is 14.0 Å². The third-order valence-electron chi connectivity index (χ3n) is 2.35. The quantitative estimate of drug-likeness (QED) is 0.754. The number of halogens is 1. The Labute approximate surface area is 97.7 Å². The smallest absolute Gasteiger partial charge is 0.308 e.